The number of anilines is 2. The van der Waals surface area contributed by atoms with Gasteiger partial charge in [-0.15, -0.1) is 0 Å². The molecule has 4 aliphatic rings. The second kappa shape index (κ2) is 9.70. The van der Waals surface area contributed by atoms with Gasteiger partial charge in [-0.2, -0.15) is 0 Å². The zero-order chi connectivity index (χ0) is 25.5. The third-order valence-corrected chi connectivity index (χ3v) is 8.63. The van der Waals surface area contributed by atoms with Crippen molar-refractivity contribution in [3.8, 4) is 5.88 Å². The van der Waals surface area contributed by atoms with Gasteiger partial charge in [-0.3, -0.25) is 14.5 Å². The van der Waals surface area contributed by atoms with Gasteiger partial charge in [0, 0.05) is 37.0 Å². The smallest absolute Gasteiger partial charge is 0.327 e. The van der Waals surface area contributed by atoms with Crippen molar-refractivity contribution in [2.24, 2.45) is 0 Å². The molecule has 2 N–H and O–H groups in total. The molecule has 5 heterocycles. The minimum absolute atomic E-state index is 0.132. The molecule has 3 aliphatic heterocycles. The largest absolute Gasteiger partial charge is 0.474 e. The number of nitrogens with one attached hydrogen (secondary N) is 2. The standard InChI is InChI=1S/C26H28N6O4S/c1-2-20(33)31-12-4-5-15(14-31)29-24(34)23-22-21-18(10-11-27-25(21)37-23)32(26(35)30-22)16-8-9-19(28-13-16)36-17-6-3-7-17/h2,8-11,13,15,17,22-23H,1,3-7,12,14H2,(H,29,34)(H,30,35)/t15?,22?,23-/m1/s1. The molecule has 37 heavy (non-hydrogen) atoms. The van der Waals surface area contributed by atoms with Crippen molar-refractivity contribution in [1.29, 1.82) is 0 Å². The summed E-state index contributed by atoms with van der Waals surface area (Å²) in [4.78, 5) is 50.9. The highest BCUT2D eigenvalue weighted by atomic mass is 32.2. The fourth-order valence-corrected chi connectivity index (χ4v) is 6.46. The third-order valence-electron chi connectivity index (χ3n) is 7.34. The van der Waals surface area contributed by atoms with Crippen LogP contribution in [0.4, 0.5) is 16.2 Å². The quantitative estimate of drug-likeness (QED) is 0.562. The van der Waals surface area contributed by atoms with E-state index in [0.717, 1.165) is 36.3 Å². The third kappa shape index (κ3) is 4.41. The number of piperidine rings is 1. The number of thioether (sulfide) groups is 1. The summed E-state index contributed by atoms with van der Waals surface area (Å²) in [5, 5.41) is 6.28. The van der Waals surface area contributed by atoms with Gasteiger partial charge in [0.05, 0.1) is 23.6 Å². The number of nitrogens with zero attached hydrogens (tertiary/aromatic N) is 4. The SMILES string of the molecule is C=CC(=O)N1CCCC(NC(=O)[C@@H]2Sc3nccc4c3C2NC(=O)N4c2ccc(OC3CCC3)nc2)C1. The molecular formula is C26H28N6O4S. The van der Waals surface area contributed by atoms with Crippen LogP contribution in [-0.4, -0.2) is 63.2 Å². The van der Waals surface area contributed by atoms with E-state index in [4.69, 9.17) is 4.74 Å². The molecule has 2 aromatic rings. The lowest BCUT2D eigenvalue weighted by Gasteiger charge is -2.35. The van der Waals surface area contributed by atoms with Crippen LogP contribution < -0.4 is 20.3 Å². The second-order valence-corrected chi connectivity index (χ2v) is 10.8. The van der Waals surface area contributed by atoms with E-state index in [1.165, 1.54) is 24.3 Å². The first-order valence-corrected chi connectivity index (χ1v) is 13.5. The molecule has 2 unspecified atom stereocenters. The van der Waals surface area contributed by atoms with Gasteiger partial charge in [0.25, 0.3) is 0 Å². The van der Waals surface area contributed by atoms with Gasteiger partial charge < -0.3 is 20.3 Å². The Kier molecular flexibility index (Phi) is 6.23. The van der Waals surface area contributed by atoms with Crippen LogP contribution in [0.2, 0.25) is 0 Å². The van der Waals surface area contributed by atoms with Gasteiger partial charge >= 0.3 is 6.03 Å². The fraction of sp³-hybridized carbons (Fsp3) is 0.423. The van der Waals surface area contributed by atoms with Gasteiger partial charge in [-0.1, -0.05) is 18.3 Å². The normalized spacial score (nSPS) is 24.5. The van der Waals surface area contributed by atoms with Crippen LogP contribution in [0.1, 0.15) is 43.7 Å². The molecule has 0 radical (unpaired) electrons. The highest BCUT2D eigenvalue weighted by molar-refractivity contribution is 8.01. The van der Waals surface area contributed by atoms with Crippen LogP contribution >= 0.6 is 11.8 Å². The average molecular weight is 521 g/mol. The summed E-state index contributed by atoms with van der Waals surface area (Å²) in [7, 11) is 0. The maximum absolute atomic E-state index is 13.4. The maximum atomic E-state index is 13.4. The van der Waals surface area contributed by atoms with Crippen molar-refractivity contribution < 1.29 is 19.1 Å². The lowest BCUT2D eigenvalue weighted by atomic mass is 9.96. The minimum Gasteiger partial charge on any atom is -0.474 e. The van der Waals surface area contributed by atoms with Crippen molar-refractivity contribution in [2.75, 3.05) is 18.0 Å². The zero-order valence-electron chi connectivity index (χ0n) is 20.3. The number of likely N-dealkylation sites (tertiary alicyclic amines) is 1. The number of aromatic nitrogens is 2. The Hall–Kier alpha value is -3.60. The molecule has 0 bridgehead atoms. The van der Waals surface area contributed by atoms with E-state index in [-0.39, 0.29) is 30.0 Å². The molecule has 4 amide bonds. The number of amides is 4. The molecular weight excluding hydrogens is 492 g/mol. The second-order valence-electron chi connectivity index (χ2n) is 9.71. The Morgan fingerprint density at radius 1 is 1.19 bits per heavy atom. The van der Waals surface area contributed by atoms with E-state index < -0.39 is 11.3 Å². The first-order chi connectivity index (χ1) is 18.0. The van der Waals surface area contributed by atoms with Crippen LogP contribution in [0.5, 0.6) is 5.88 Å². The van der Waals surface area contributed by atoms with Crippen molar-refractivity contribution >= 4 is 41.0 Å². The molecule has 1 saturated heterocycles. The van der Waals surface area contributed by atoms with E-state index in [1.54, 1.807) is 34.3 Å². The van der Waals surface area contributed by atoms with Crippen LogP contribution in [0.15, 0.2) is 48.3 Å². The summed E-state index contributed by atoms with van der Waals surface area (Å²) in [6, 6.07) is 4.42. The molecule has 1 aliphatic carbocycles. The van der Waals surface area contributed by atoms with E-state index in [1.807, 2.05) is 6.07 Å². The summed E-state index contributed by atoms with van der Waals surface area (Å²) in [5.41, 5.74) is 2.13. The number of pyridine rings is 2. The molecule has 11 heteroatoms. The maximum Gasteiger partial charge on any atom is 0.327 e. The van der Waals surface area contributed by atoms with Gasteiger partial charge in [0.1, 0.15) is 16.4 Å². The monoisotopic (exact) mass is 520 g/mol. The fourth-order valence-electron chi connectivity index (χ4n) is 5.22. The molecule has 0 aromatic carbocycles. The number of carbonyl (C=O) groups is 3. The van der Waals surface area contributed by atoms with Crippen LogP contribution in [-0.2, 0) is 9.59 Å². The Morgan fingerprint density at radius 2 is 2.05 bits per heavy atom. The van der Waals surface area contributed by atoms with Gasteiger partial charge in [0.15, 0.2) is 0 Å². The van der Waals surface area contributed by atoms with Gasteiger partial charge in [-0.05, 0) is 50.3 Å². The number of rotatable bonds is 6. The highest BCUT2D eigenvalue weighted by Gasteiger charge is 2.47. The van der Waals surface area contributed by atoms with Crippen molar-refractivity contribution in [3.63, 3.8) is 0 Å². The van der Waals surface area contributed by atoms with Gasteiger partial charge in [0.2, 0.25) is 17.7 Å². The molecule has 0 spiro atoms. The predicted octanol–water partition coefficient (Wildman–Crippen LogP) is 3.08. The lowest BCUT2D eigenvalue weighted by molar-refractivity contribution is -0.129. The van der Waals surface area contributed by atoms with E-state index in [9.17, 15) is 14.4 Å². The van der Waals surface area contributed by atoms with E-state index in [2.05, 4.69) is 27.2 Å². The number of carbonyl (C=O) groups excluding carboxylic acids is 3. The van der Waals surface area contributed by atoms with Gasteiger partial charge in [-0.25, -0.2) is 14.8 Å². The predicted molar refractivity (Wildman–Crippen MR) is 138 cm³/mol. The summed E-state index contributed by atoms with van der Waals surface area (Å²) in [6.07, 6.45) is 9.67. The van der Waals surface area contributed by atoms with Crippen LogP contribution in [0.3, 0.4) is 0 Å². The average Bonchev–Trinajstić information content (AvgIpc) is 3.26. The molecule has 1 saturated carbocycles. The summed E-state index contributed by atoms with van der Waals surface area (Å²) >= 11 is 1.35. The molecule has 3 atom stereocenters. The van der Waals surface area contributed by atoms with Crippen LogP contribution in [0.25, 0.3) is 0 Å². The summed E-state index contributed by atoms with van der Waals surface area (Å²) < 4.78 is 5.85. The number of hydrogen-bond acceptors (Lipinski definition) is 7. The molecule has 192 valence electrons. The van der Waals surface area contributed by atoms with Crippen molar-refractivity contribution in [3.05, 3.63) is 48.8 Å². The summed E-state index contributed by atoms with van der Waals surface area (Å²) in [5.74, 6) is 0.240. The molecule has 10 nitrogen and oxygen atoms in total. The molecule has 2 fully saturated rings. The Morgan fingerprint density at radius 3 is 2.78 bits per heavy atom. The Bertz CT molecular complexity index is 1250. The van der Waals surface area contributed by atoms with Crippen LogP contribution in [0, 0.1) is 0 Å². The topological polar surface area (TPSA) is 117 Å². The van der Waals surface area contributed by atoms with Crippen molar-refractivity contribution in [1.82, 2.24) is 25.5 Å². The number of urea groups is 1. The lowest BCUT2D eigenvalue weighted by Crippen LogP contribution is -2.53. The zero-order valence-corrected chi connectivity index (χ0v) is 21.1. The first kappa shape index (κ1) is 23.8. The molecule has 2 aromatic heterocycles. The Balaban J connectivity index is 1.20. The first-order valence-electron chi connectivity index (χ1n) is 12.6. The minimum atomic E-state index is -0.559. The molecule has 6 rings (SSSR count). The van der Waals surface area contributed by atoms with E-state index >= 15 is 0 Å². The Labute approximate surface area is 218 Å². The highest BCUT2D eigenvalue weighted by Crippen LogP contribution is 2.50. The number of hydrogen-bond donors (Lipinski definition) is 2. The number of ether oxygens (including phenoxy) is 1. The van der Waals surface area contributed by atoms with Crippen molar-refractivity contribution in [2.45, 2.75) is 60.6 Å². The summed E-state index contributed by atoms with van der Waals surface area (Å²) in [6.45, 7) is 4.66. The van der Waals surface area contributed by atoms with E-state index in [0.29, 0.717) is 30.3 Å².